The molecule has 19 heavy (non-hydrogen) atoms. The van der Waals surface area contributed by atoms with Crippen molar-refractivity contribution in [2.75, 3.05) is 7.11 Å². The minimum absolute atomic E-state index is 0.0393. The summed E-state index contributed by atoms with van der Waals surface area (Å²) in [5.74, 6) is -0.345. The van der Waals surface area contributed by atoms with Crippen molar-refractivity contribution >= 4 is 11.9 Å². The number of hydrogen-bond donors (Lipinski definition) is 1. The van der Waals surface area contributed by atoms with E-state index in [1.807, 2.05) is 31.2 Å². The topological polar surface area (TPSA) is 55.4 Å². The maximum atomic E-state index is 11.8. The summed E-state index contributed by atoms with van der Waals surface area (Å²) >= 11 is 0. The first kappa shape index (κ1) is 13.6. The van der Waals surface area contributed by atoms with Crippen molar-refractivity contribution in [2.24, 2.45) is 5.92 Å². The molecule has 1 amide bonds. The van der Waals surface area contributed by atoms with Crippen LogP contribution in [0.4, 0.5) is 0 Å². The average molecular weight is 261 g/mol. The van der Waals surface area contributed by atoms with Crippen LogP contribution in [0.3, 0.4) is 0 Å². The predicted octanol–water partition coefficient (Wildman–Crippen LogP) is 1.61. The van der Waals surface area contributed by atoms with Gasteiger partial charge in [0.15, 0.2) is 0 Å². The SMILES string of the molecule is COC(=O)[C@@H](Cc1ccc(C)cc1)NC(=O)C1CC1. The molecule has 0 saturated heterocycles. The highest BCUT2D eigenvalue weighted by Gasteiger charge is 2.32. The zero-order chi connectivity index (χ0) is 13.8. The molecule has 0 aliphatic heterocycles. The highest BCUT2D eigenvalue weighted by atomic mass is 16.5. The summed E-state index contributed by atoms with van der Waals surface area (Å²) in [5.41, 5.74) is 2.18. The third kappa shape index (κ3) is 3.81. The quantitative estimate of drug-likeness (QED) is 0.819. The molecule has 102 valence electrons. The molecule has 0 radical (unpaired) electrons. The van der Waals surface area contributed by atoms with E-state index in [2.05, 4.69) is 5.32 Å². The van der Waals surface area contributed by atoms with Crippen molar-refractivity contribution in [3.63, 3.8) is 0 Å². The van der Waals surface area contributed by atoms with Gasteiger partial charge in [0, 0.05) is 12.3 Å². The molecule has 0 unspecified atom stereocenters. The Bertz CT molecular complexity index is 463. The standard InChI is InChI=1S/C15H19NO3/c1-10-3-5-11(6-4-10)9-13(15(18)19-2)16-14(17)12-7-8-12/h3-6,12-13H,7-9H2,1-2H3,(H,16,17)/t13-/m1/s1. The zero-order valence-corrected chi connectivity index (χ0v) is 11.3. The van der Waals surface area contributed by atoms with Gasteiger partial charge in [-0.2, -0.15) is 0 Å². The molecule has 0 heterocycles. The lowest BCUT2D eigenvalue weighted by Crippen LogP contribution is -2.43. The Morgan fingerprint density at radius 1 is 1.32 bits per heavy atom. The van der Waals surface area contributed by atoms with Crippen LogP contribution in [0.15, 0.2) is 24.3 Å². The number of aryl methyl sites for hydroxylation is 1. The fourth-order valence-corrected chi connectivity index (χ4v) is 1.93. The summed E-state index contributed by atoms with van der Waals surface area (Å²) in [5, 5.41) is 2.78. The second kappa shape index (κ2) is 5.87. The van der Waals surface area contributed by atoms with Crippen LogP contribution in [0.1, 0.15) is 24.0 Å². The van der Waals surface area contributed by atoms with E-state index in [1.54, 1.807) is 0 Å². The lowest BCUT2D eigenvalue weighted by molar-refractivity contribution is -0.145. The second-order valence-corrected chi connectivity index (χ2v) is 5.05. The van der Waals surface area contributed by atoms with Crippen LogP contribution in [0.5, 0.6) is 0 Å². The van der Waals surface area contributed by atoms with Crippen molar-refractivity contribution < 1.29 is 14.3 Å². The number of amides is 1. The highest BCUT2D eigenvalue weighted by Crippen LogP contribution is 2.29. The Labute approximate surface area is 113 Å². The molecule has 1 aliphatic rings. The van der Waals surface area contributed by atoms with Gasteiger partial charge in [-0.25, -0.2) is 4.79 Å². The van der Waals surface area contributed by atoms with Crippen molar-refractivity contribution in [3.8, 4) is 0 Å². The van der Waals surface area contributed by atoms with E-state index in [1.165, 1.54) is 12.7 Å². The molecule has 2 rings (SSSR count). The average Bonchev–Trinajstić information content (AvgIpc) is 3.24. The van der Waals surface area contributed by atoms with E-state index in [-0.39, 0.29) is 11.8 Å². The maximum absolute atomic E-state index is 11.8. The summed E-state index contributed by atoms with van der Waals surface area (Å²) < 4.78 is 4.76. The van der Waals surface area contributed by atoms with Gasteiger partial charge in [-0.15, -0.1) is 0 Å². The molecule has 1 saturated carbocycles. The summed E-state index contributed by atoms with van der Waals surface area (Å²) in [4.78, 5) is 23.5. The van der Waals surface area contributed by atoms with Crippen LogP contribution in [-0.4, -0.2) is 25.0 Å². The van der Waals surface area contributed by atoms with E-state index in [0.717, 1.165) is 18.4 Å². The summed E-state index contributed by atoms with van der Waals surface area (Å²) in [6, 6.07) is 7.32. The number of carbonyl (C=O) groups excluding carboxylic acids is 2. The highest BCUT2D eigenvalue weighted by molar-refractivity contribution is 5.87. The van der Waals surface area contributed by atoms with Crippen LogP contribution in [0, 0.1) is 12.8 Å². The molecule has 1 atom stereocenters. The molecule has 0 aromatic heterocycles. The van der Waals surface area contributed by atoms with Gasteiger partial charge < -0.3 is 10.1 Å². The zero-order valence-electron chi connectivity index (χ0n) is 11.3. The third-order valence-corrected chi connectivity index (χ3v) is 3.31. The van der Waals surface area contributed by atoms with Gasteiger partial charge in [-0.3, -0.25) is 4.79 Å². The number of nitrogens with one attached hydrogen (secondary N) is 1. The first-order chi connectivity index (χ1) is 9.10. The molecule has 4 heteroatoms. The van der Waals surface area contributed by atoms with Gasteiger partial charge in [0.05, 0.1) is 7.11 Å². The minimum atomic E-state index is -0.596. The number of rotatable bonds is 5. The molecule has 1 aromatic rings. The fourth-order valence-electron chi connectivity index (χ4n) is 1.93. The van der Waals surface area contributed by atoms with Crippen molar-refractivity contribution in [2.45, 2.75) is 32.2 Å². The molecular formula is C15H19NO3. The molecule has 4 nitrogen and oxygen atoms in total. The number of esters is 1. The first-order valence-electron chi connectivity index (χ1n) is 6.54. The number of ether oxygens (including phenoxy) is 1. The Balaban J connectivity index is 2.02. The van der Waals surface area contributed by atoms with Crippen LogP contribution >= 0.6 is 0 Å². The van der Waals surface area contributed by atoms with Gasteiger partial charge in [-0.1, -0.05) is 29.8 Å². The number of carbonyl (C=O) groups is 2. The van der Waals surface area contributed by atoms with Crippen LogP contribution < -0.4 is 5.32 Å². The van der Waals surface area contributed by atoms with Gasteiger partial charge >= 0.3 is 5.97 Å². The van der Waals surface area contributed by atoms with Gasteiger partial charge in [0.25, 0.3) is 0 Å². The van der Waals surface area contributed by atoms with Crippen LogP contribution in [0.25, 0.3) is 0 Å². The van der Waals surface area contributed by atoms with Crippen LogP contribution in [-0.2, 0) is 20.7 Å². The third-order valence-electron chi connectivity index (χ3n) is 3.31. The lowest BCUT2D eigenvalue weighted by atomic mass is 10.0. The van der Waals surface area contributed by atoms with Gasteiger partial charge in [0.1, 0.15) is 6.04 Å². The summed E-state index contributed by atoms with van der Waals surface area (Å²) in [6.45, 7) is 2.01. The summed E-state index contributed by atoms with van der Waals surface area (Å²) in [7, 11) is 1.34. The molecule has 1 N–H and O–H groups in total. The Hall–Kier alpha value is -1.84. The van der Waals surface area contributed by atoms with E-state index in [0.29, 0.717) is 6.42 Å². The Morgan fingerprint density at radius 3 is 2.47 bits per heavy atom. The smallest absolute Gasteiger partial charge is 0.328 e. The van der Waals surface area contributed by atoms with Crippen molar-refractivity contribution in [1.29, 1.82) is 0 Å². The van der Waals surface area contributed by atoms with Crippen LogP contribution in [0.2, 0.25) is 0 Å². The second-order valence-electron chi connectivity index (χ2n) is 5.05. The number of benzene rings is 1. The molecular weight excluding hydrogens is 242 g/mol. The summed E-state index contributed by atoms with van der Waals surface area (Å²) in [6.07, 6.45) is 2.31. The molecule has 1 aliphatic carbocycles. The monoisotopic (exact) mass is 261 g/mol. The molecule has 1 aromatic carbocycles. The normalized spacial score (nSPS) is 15.7. The van der Waals surface area contributed by atoms with Gasteiger partial charge in [0.2, 0.25) is 5.91 Å². The van der Waals surface area contributed by atoms with E-state index < -0.39 is 12.0 Å². The minimum Gasteiger partial charge on any atom is -0.467 e. The number of hydrogen-bond acceptors (Lipinski definition) is 3. The lowest BCUT2D eigenvalue weighted by Gasteiger charge is -2.16. The fraction of sp³-hybridized carbons (Fsp3) is 0.467. The van der Waals surface area contributed by atoms with Crippen molar-refractivity contribution in [1.82, 2.24) is 5.32 Å². The molecule has 1 fully saturated rings. The Kier molecular flexibility index (Phi) is 4.20. The Morgan fingerprint density at radius 2 is 1.95 bits per heavy atom. The van der Waals surface area contributed by atoms with Crippen molar-refractivity contribution in [3.05, 3.63) is 35.4 Å². The molecule has 0 bridgehead atoms. The van der Waals surface area contributed by atoms with E-state index in [4.69, 9.17) is 4.74 Å². The maximum Gasteiger partial charge on any atom is 0.328 e. The number of methoxy groups -OCH3 is 1. The largest absolute Gasteiger partial charge is 0.467 e. The first-order valence-corrected chi connectivity index (χ1v) is 6.54. The van der Waals surface area contributed by atoms with Gasteiger partial charge in [-0.05, 0) is 25.3 Å². The molecule has 0 spiro atoms. The predicted molar refractivity (Wildman–Crippen MR) is 71.6 cm³/mol. The van der Waals surface area contributed by atoms with E-state index >= 15 is 0 Å². The van der Waals surface area contributed by atoms with E-state index in [9.17, 15) is 9.59 Å².